The number of rotatable bonds is 7. The van der Waals surface area contributed by atoms with Crippen LogP contribution in [0.5, 0.6) is 0 Å². The number of amides is 2. The first kappa shape index (κ1) is 18.9. The number of carbonyl (C=O) groups is 2. The van der Waals surface area contributed by atoms with Gasteiger partial charge < -0.3 is 16.4 Å². The molecule has 20 heavy (non-hydrogen) atoms. The lowest BCUT2D eigenvalue weighted by Crippen LogP contribution is -2.51. The van der Waals surface area contributed by atoms with Gasteiger partial charge in [0.2, 0.25) is 11.8 Å². The highest BCUT2D eigenvalue weighted by atomic mass is 16.2. The van der Waals surface area contributed by atoms with Crippen molar-refractivity contribution < 1.29 is 9.59 Å². The first-order valence-electron chi connectivity index (χ1n) is 7.36. The van der Waals surface area contributed by atoms with Crippen LogP contribution in [0.15, 0.2) is 0 Å². The van der Waals surface area contributed by atoms with E-state index in [4.69, 9.17) is 5.73 Å². The highest BCUT2D eigenvalue weighted by Gasteiger charge is 2.22. The summed E-state index contributed by atoms with van der Waals surface area (Å²) in [7, 11) is 0. The molecule has 0 aliphatic rings. The van der Waals surface area contributed by atoms with Crippen molar-refractivity contribution >= 4 is 11.8 Å². The molecular weight excluding hydrogens is 254 g/mol. The molecule has 0 aromatic carbocycles. The summed E-state index contributed by atoms with van der Waals surface area (Å²) in [6.45, 7) is 12.1. The van der Waals surface area contributed by atoms with Gasteiger partial charge in [-0.2, -0.15) is 0 Å². The zero-order valence-electron chi connectivity index (χ0n) is 13.7. The van der Waals surface area contributed by atoms with Gasteiger partial charge in [0.05, 0.1) is 0 Å². The second-order valence-electron chi connectivity index (χ2n) is 6.96. The van der Waals surface area contributed by atoms with Gasteiger partial charge in [0, 0.05) is 12.0 Å². The van der Waals surface area contributed by atoms with Gasteiger partial charge in [-0.25, -0.2) is 0 Å². The van der Waals surface area contributed by atoms with Gasteiger partial charge in [0.1, 0.15) is 6.04 Å². The fourth-order valence-electron chi connectivity index (χ4n) is 2.04. The van der Waals surface area contributed by atoms with Crippen molar-refractivity contribution in [2.24, 2.45) is 17.6 Å². The Morgan fingerprint density at radius 1 is 1.15 bits per heavy atom. The molecule has 2 atom stereocenters. The van der Waals surface area contributed by atoms with Crippen molar-refractivity contribution in [3.8, 4) is 0 Å². The Kier molecular flexibility index (Phi) is 7.79. The summed E-state index contributed by atoms with van der Waals surface area (Å²) in [6, 6.07) is -0.529. The maximum atomic E-state index is 11.9. The Morgan fingerprint density at radius 3 is 2.10 bits per heavy atom. The van der Waals surface area contributed by atoms with Crippen LogP contribution in [-0.4, -0.2) is 29.9 Å². The van der Waals surface area contributed by atoms with E-state index >= 15 is 0 Å². The number of carbonyl (C=O) groups excluding carboxylic acids is 2. The highest BCUT2D eigenvalue weighted by molar-refractivity contribution is 5.87. The minimum atomic E-state index is -0.529. The molecule has 0 aliphatic heterocycles. The van der Waals surface area contributed by atoms with Crippen LogP contribution < -0.4 is 16.4 Å². The molecule has 5 nitrogen and oxygen atoms in total. The third-order valence-electron chi connectivity index (χ3n) is 2.88. The Bertz CT molecular complexity index is 322. The Balaban J connectivity index is 4.28. The fourth-order valence-corrected chi connectivity index (χ4v) is 2.04. The van der Waals surface area contributed by atoms with Gasteiger partial charge in [0.25, 0.3) is 0 Å². The van der Waals surface area contributed by atoms with Crippen molar-refractivity contribution in [2.45, 2.75) is 66.0 Å². The molecule has 2 unspecified atom stereocenters. The van der Waals surface area contributed by atoms with Crippen LogP contribution in [0.3, 0.4) is 0 Å². The maximum Gasteiger partial charge on any atom is 0.242 e. The second kappa shape index (κ2) is 8.25. The summed E-state index contributed by atoms with van der Waals surface area (Å²) in [5.74, 6) is 0.405. The molecule has 0 saturated carbocycles. The minimum absolute atomic E-state index is 0.113. The molecule has 0 aromatic rings. The predicted molar refractivity (Wildman–Crippen MR) is 82.1 cm³/mol. The molecular formula is C15H31N3O2. The van der Waals surface area contributed by atoms with Gasteiger partial charge in [-0.3, -0.25) is 9.59 Å². The molecule has 4 N–H and O–H groups in total. The van der Waals surface area contributed by atoms with E-state index in [1.54, 1.807) is 6.92 Å². The third kappa shape index (κ3) is 8.91. The average molecular weight is 285 g/mol. The standard InChI is InChI=1S/C15H31N3O2/c1-10(2)7-12(9-16)8-13(19)17-11(3)14(20)18-15(4,5)6/h10-12H,7-9,16H2,1-6H3,(H,17,19)(H,18,20). The van der Waals surface area contributed by atoms with Crippen molar-refractivity contribution in [1.29, 1.82) is 0 Å². The van der Waals surface area contributed by atoms with Crippen LogP contribution in [0.1, 0.15) is 54.4 Å². The molecule has 0 saturated heterocycles. The van der Waals surface area contributed by atoms with Crippen molar-refractivity contribution in [1.82, 2.24) is 10.6 Å². The summed E-state index contributed by atoms with van der Waals surface area (Å²) in [4.78, 5) is 23.8. The van der Waals surface area contributed by atoms with E-state index in [1.807, 2.05) is 20.8 Å². The smallest absolute Gasteiger partial charge is 0.242 e. The predicted octanol–water partition coefficient (Wildman–Crippen LogP) is 1.42. The maximum absolute atomic E-state index is 11.9. The third-order valence-corrected chi connectivity index (χ3v) is 2.88. The van der Waals surface area contributed by atoms with E-state index in [0.29, 0.717) is 18.9 Å². The van der Waals surface area contributed by atoms with Gasteiger partial charge in [-0.15, -0.1) is 0 Å². The van der Waals surface area contributed by atoms with Gasteiger partial charge >= 0.3 is 0 Å². The molecule has 0 rings (SSSR count). The van der Waals surface area contributed by atoms with Crippen LogP contribution in [0, 0.1) is 11.8 Å². The van der Waals surface area contributed by atoms with Crippen LogP contribution in [0.25, 0.3) is 0 Å². The van der Waals surface area contributed by atoms with E-state index in [9.17, 15) is 9.59 Å². The first-order valence-corrected chi connectivity index (χ1v) is 7.36. The number of hydrogen-bond acceptors (Lipinski definition) is 3. The summed E-state index contributed by atoms with van der Waals surface area (Å²) in [5.41, 5.74) is 5.39. The average Bonchev–Trinajstić information content (AvgIpc) is 2.24. The monoisotopic (exact) mass is 285 g/mol. The van der Waals surface area contributed by atoms with Gasteiger partial charge in [-0.1, -0.05) is 13.8 Å². The Morgan fingerprint density at radius 2 is 1.70 bits per heavy atom. The van der Waals surface area contributed by atoms with E-state index in [2.05, 4.69) is 24.5 Å². The molecule has 118 valence electrons. The molecule has 5 heteroatoms. The highest BCUT2D eigenvalue weighted by Crippen LogP contribution is 2.14. The van der Waals surface area contributed by atoms with Crippen LogP contribution in [-0.2, 0) is 9.59 Å². The summed E-state index contributed by atoms with van der Waals surface area (Å²) < 4.78 is 0. The Labute approximate surface area is 123 Å². The quantitative estimate of drug-likeness (QED) is 0.661. The molecule has 2 amide bonds. The van der Waals surface area contributed by atoms with E-state index < -0.39 is 6.04 Å². The SMILES string of the molecule is CC(C)CC(CN)CC(=O)NC(C)C(=O)NC(C)(C)C. The van der Waals surface area contributed by atoms with E-state index in [1.165, 1.54) is 0 Å². The fraction of sp³-hybridized carbons (Fsp3) is 0.867. The van der Waals surface area contributed by atoms with Crippen molar-refractivity contribution in [3.63, 3.8) is 0 Å². The number of hydrogen-bond donors (Lipinski definition) is 3. The largest absolute Gasteiger partial charge is 0.350 e. The Hall–Kier alpha value is -1.10. The zero-order chi connectivity index (χ0) is 15.9. The van der Waals surface area contributed by atoms with Gasteiger partial charge in [-0.05, 0) is 52.5 Å². The number of nitrogens with two attached hydrogens (primary N) is 1. The van der Waals surface area contributed by atoms with E-state index in [-0.39, 0.29) is 23.3 Å². The summed E-state index contributed by atoms with van der Waals surface area (Å²) >= 11 is 0. The molecule has 0 fully saturated rings. The lowest BCUT2D eigenvalue weighted by Gasteiger charge is -2.24. The van der Waals surface area contributed by atoms with E-state index in [0.717, 1.165) is 6.42 Å². The lowest BCUT2D eigenvalue weighted by molar-refractivity contribution is -0.129. The summed E-state index contributed by atoms with van der Waals surface area (Å²) in [6.07, 6.45) is 1.30. The molecule has 0 aliphatic carbocycles. The molecule has 0 bridgehead atoms. The normalized spacial score (nSPS) is 14.8. The second-order valence-corrected chi connectivity index (χ2v) is 6.96. The van der Waals surface area contributed by atoms with Crippen molar-refractivity contribution in [3.05, 3.63) is 0 Å². The molecule has 0 spiro atoms. The molecule has 0 radical (unpaired) electrons. The minimum Gasteiger partial charge on any atom is -0.350 e. The zero-order valence-corrected chi connectivity index (χ0v) is 13.7. The van der Waals surface area contributed by atoms with Crippen LogP contribution in [0.4, 0.5) is 0 Å². The molecule has 0 aromatic heterocycles. The summed E-state index contributed by atoms with van der Waals surface area (Å²) in [5, 5.41) is 5.58. The van der Waals surface area contributed by atoms with Crippen LogP contribution >= 0.6 is 0 Å². The molecule has 0 heterocycles. The topological polar surface area (TPSA) is 84.2 Å². The number of nitrogens with one attached hydrogen (secondary N) is 2. The first-order chi connectivity index (χ1) is 9.05. The van der Waals surface area contributed by atoms with Crippen molar-refractivity contribution in [2.75, 3.05) is 6.54 Å². The lowest BCUT2D eigenvalue weighted by atomic mass is 9.94. The van der Waals surface area contributed by atoms with Crippen LogP contribution in [0.2, 0.25) is 0 Å². The van der Waals surface area contributed by atoms with Gasteiger partial charge in [0.15, 0.2) is 0 Å².